The molecule has 0 fully saturated rings. The van der Waals surface area contributed by atoms with Crippen LogP contribution in [0.3, 0.4) is 0 Å². The van der Waals surface area contributed by atoms with Crippen LogP contribution in [0.1, 0.15) is 34.7 Å². The zero-order valence-corrected chi connectivity index (χ0v) is 25.2. The van der Waals surface area contributed by atoms with E-state index in [4.69, 9.17) is 9.47 Å². The Labute approximate surface area is 258 Å². The van der Waals surface area contributed by atoms with Gasteiger partial charge in [-0.05, 0) is 84.3 Å². The first-order valence-electron chi connectivity index (χ1n) is 14.1. The van der Waals surface area contributed by atoms with Crippen LogP contribution in [-0.2, 0) is 18.5 Å². The SMILES string of the molecule is CC(c1ccccc1)(c1ccc2c(c1)CN(c1cccc(S)c1)CO2)c1ccc2c(c1)CN(c1cccc(S)c1)CO2. The molecule has 5 aromatic rings. The highest BCUT2D eigenvalue weighted by molar-refractivity contribution is 7.80. The quantitative estimate of drug-likeness (QED) is 0.159. The van der Waals surface area contributed by atoms with E-state index in [-0.39, 0.29) is 0 Å². The van der Waals surface area contributed by atoms with Crippen LogP contribution in [-0.4, -0.2) is 13.5 Å². The van der Waals surface area contributed by atoms with Crippen molar-refractivity contribution < 1.29 is 9.47 Å². The molecule has 0 N–H and O–H groups in total. The molecule has 4 nitrogen and oxygen atoms in total. The van der Waals surface area contributed by atoms with Gasteiger partial charge in [-0.25, -0.2) is 0 Å². The lowest BCUT2D eigenvalue weighted by Crippen LogP contribution is -2.33. The largest absolute Gasteiger partial charge is 0.473 e. The highest BCUT2D eigenvalue weighted by Gasteiger charge is 2.34. The van der Waals surface area contributed by atoms with Gasteiger partial charge in [0.25, 0.3) is 0 Å². The van der Waals surface area contributed by atoms with Crippen molar-refractivity contribution in [1.82, 2.24) is 0 Å². The van der Waals surface area contributed by atoms with Crippen LogP contribution in [0.15, 0.2) is 125 Å². The minimum Gasteiger partial charge on any atom is -0.473 e. The topological polar surface area (TPSA) is 24.9 Å². The molecule has 7 rings (SSSR count). The monoisotopic (exact) mass is 588 g/mol. The number of nitrogens with zero attached hydrogens (tertiary/aromatic N) is 2. The van der Waals surface area contributed by atoms with Crippen LogP contribution in [0.4, 0.5) is 11.4 Å². The molecule has 0 bridgehead atoms. The van der Waals surface area contributed by atoms with Gasteiger partial charge in [-0.3, -0.25) is 0 Å². The smallest absolute Gasteiger partial charge is 0.161 e. The van der Waals surface area contributed by atoms with Gasteiger partial charge in [0.15, 0.2) is 13.5 Å². The lowest BCUT2D eigenvalue weighted by atomic mass is 9.70. The predicted molar refractivity (Wildman–Crippen MR) is 176 cm³/mol. The van der Waals surface area contributed by atoms with Gasteiger partial charge in [-0.2, -0.15) is 0 Å². The van der Waals surface area contributed by atoms with Gasteiger partial charge in [0.1, 0.15) is 11.5 Å². The third-order valence-electron chi connectivity index (χ3n) is 8.49. The third-order valence-corrected chi connectivity index (χ3v) is 9.05. The summed E-state index contributed by atoms with van der Waals surface area (Å²) in [6.07, 6.45) is 0. The number of hydrogen-bond donors (Lipinski definition) is 2. The van der Waals surface area contributed by atoms with Gasteiger partial charge >= 0.3 is 0 Å². The standard InChI is InChI=1S/C36H32N2O2S2/c1-36(27-7-3-2-4-8-27,28-13-15-34-25(17-28)21-37(23-39-34)30-9-5-11-32(41)19-30)29-14-16-35-26(18-29)22-38(24-40-35)31-10-6-12-33(42)20-31/h2-20,41-42H,21-24H2,1H3. The lowest BCUT2D eigenvalue weighted by Gasteiger charge is -2.36. The fourth-order valence-corrected chi connectivity index (χ4v) is 6.53. The zero-order valence-electron chi connectivity index (χ0n) is 23.4. The molecule has 6 heteroatoms. The van der Waals surface area contributed by atoms with Gasteiger partial charge in [0.05, 0.1) is 0 Å². The van der Waals surface area contributed by atoms with Crippen molar-refractivity contribution >= 4 is 36.6 Å². The molecule has 2 aliphatic heterocycles. The van der Waals surface area contributed by atoms with E-state index in [0.717, 1.165) is 45.8 Å². The summed E-state index contributed by atoms with van der Waals surface area (Å²) in [6, 6.07) is 40.5. The summed E-state index contributed by atoms with van der Waals surface area (Å²) in [5.74, 6) is 1.88. The molecule has 2 heterocycles. The minimum atomic E-state index is -0.397. The molecular weight excluding hydrogens is 557 g/mol. The van der Waals surface area contributed by atoms with E-state index in [2.05, 4.69) is 133 Å². The van der Waals surface area contributed by atoms with E-state index in [0.29, 0.717) is 13.5 Å². The fourth-order valence-electron chi connectivity index (χ4n) is 6.09. The summed E-state index contributed by atoms with van der Waals surface area (Å²) in [6.45, 7) is 4.88. The van der Waals surface area contributed by atoms with Crippen molar-refractivity contribution in [3.8, 4) is 11.5 Å². The molecule has 2 aliphatic rings. The maximum Gasteiger partial charge on any atom is 0.161 e. The second kappa shape index (κ2) is 11.0. The first-order valence-corrected chi connectivity index (χ1v) is 15.0. The molecule has 0 saturated carbocycles. The summed E-state index contributed by atoms with van der Waals surface area (Å²) in [5, 5.41) is 0. The Morgan fingerprint density at radius 1 is 0.548 bits per heavy atom. The second-order valence-corrected chi connectivity index (χ2v) is 12.2. The number of thiol groups is 2. The Kier molecular flexibility index (Phi) is 7.04. The first kappa shape index (κ1) is 26.9. The van der Waals surface area contributed by atoms with Crippen molar-refractivity contribution in [3.05, 3.63) is 143 Å². The molecule has 5 aromatic carbocycles. The number of hydrogen-bond acceptors (Lipinski definition) is 6. The van der Waals surface area contributed by atoms with Gasteiger partial charge in [-0.1, -0.05) is 54.6 Å². The Bertz CT molecular complexity index is 1650. The predicted octanol–water partition coefficient (Wildman–Crippen LogP) is 8.33. The molecular formula is C36H32N2O2S2. The molecule has 0 aliphatic carbocycles. The second-order valence-electron chi connectivity index (χ2n) is 11.1. The summed E-state index contributed by atoms with van der Waals surface area (Å²) in [4.78, 5) is 6.38. The van der Waals surface area contributed by atoms with E-state index in [9.17, 15) is 0 Å². The van der Waals surface area contributed by atoms with Gasteiger partial charge < -0.3 is 19.3 Å². The average molecular weight is 589 g/mol. The highest BCUT2D eigenvalue weighted by atomic mass is 32.1. The summed E-state index contributed by atoms with van der Waals surface area (Å²) in [5.41, 5.74) is 7.83. The highest BCUT2D eigenvalue weighted by Crippen LogP contribution is 2.43. The normalized spacial score (nSPS) is 14.5. The molecule has 0 spiro atoms. The third kappa shape index (κ3) is 4.99. The van der Waals surface area contributed by atoms with E-state index >= 15 is 0 Å². The van der Waals surface area contributed by atoms with Crippen molar-refractivity contribution in [2.45, 2.75) is 35.2 Å². The van der Waals surface area contributed by atoms with Crippen molar-refractivity contribution in [2.24, 2.45) is 0 Å². The van der Waals surface area contributed by atoms with Gasteiger partial charge in [-0.15, -0.1) is 25.3 Å². The maximum atomic E-state index is 6.22. The minimum absolute atomic E-state index is 0.397. The van der Waals surface area contributed by atoms with Crippen molar-refractivity contribution in [3.63, 3.8) is 0 Å². The van der Waals surface area contributed by atoms with Gasteiger partial charge in [0, 0.05) is 50.8 Å². The van der Waals surface area contributed by atoms with Crippen LogP contribution in [0, 0.1) is 0 Å². The molecule has 42 heavy (non-hydrogen) atoms. The van der Waals surface area contributed by atoms with E-state index in [1.807, 2.05) is 24.3 Å². The Hall–Kier alpha value is -4.00. The maximum absolute atomic E-state index is 6.22. The number of ether oxygens (including phenoxy) is 2. The average Bonchev–Trinajstić information content (AvgIpc) is 3.03. The Morgan fingerprint density at radius 2 is 1.05 bits per heavy atom. The van der Waals surface area contributed by atoms with Crippen molar-refractivity contribution in [2.75, 3.05) is 23.3 Å². The van der Waals surface area contributed by atoms with Crippen LogP contribution in [0.2, 0.25) is 0 Å². The van der Waals surface area contributed by atoms with E-state index in [1.54, 1.807) is 0 Å². The van der Waals surface area contributed by atoms with Crippen molar-refractivity contribution in [1.29, 1.82) is 0 Å². The summed E-state index contributed by atoms with van der Waals surface area (Å²) >= 11 is 9.09. The molecule has 0 amide bonds. The Balaban J connectivity index is 1.28. The number of benzene rings is 5. The van der Waals surface area contributed by atoms with Crippen LogP contribution in [0.5, 0.6) is 11.5 Å². The molecule has 0 radical (unpaired) electrons. The van der Waals surface area contributed by atoms with E-state index in [1.165, 1.54) is 27.8 Å². The molecule has 0 atom stereocenters. The molecule has 0 saturated heterocycles. The molecule has 0 aromatic heterocycles. The van der Waals surface area contributed by atoms with Crippen LogP contribution < -0.4 is 19.3 Å². The van der Waals surface area contributed by atoms with Gasteiger partial charge in [0.2, 0.25) is 0 Å². The summed E-state index contributed by atoms with van der Waals surface area (Å²) in [7, 11) is 0. The lowest BCUT2D eigenvalue weighted by molar-refractivity contribution is 0.289. The number of fused-ring (bicyclic) bond motifs is 2. The molecule has 0 unspecified atom stereocenters. The van der Waals surface area contributed by atoms with E-state index < -0.39 is 5.41 Å². The number of rotatable bonds is 5. The van der Waals surface area contributed by atoms with Crippen LogP contribution >= 0.6 is 25.3 Å². The number of anilines is 2. The first-order chi connectivity index (χ1) is 20.5. The summed E-state index contributed by atoms with van der Waals surface area (Å²) < 4.78 is 12.4. The fraction of sp³-hybridized carbons (Fsp3) is 0.167. The zero-order chi connectivity index (χ0) is 28.7. The Morgan fingerprint density at radius 3 is 1.52 bits per heavy atom. The van der Waals surface area contributed by atoms with Crippen LogP contribution in [0.25, 0.3) is 0 Å². The molecule has 210 valence electrons.